The van der Waals surface area contributed by atoms with Crippen molar-refractivity contribution >= 4 is 52.5 Å². The van der Waals surface area contributed by atoms with Gasteiger partial charge in [-0.25, -0.2) is 19.6 Å². The molecule has 0 radical (unpaired) electrons. The molecule has 0 saturated carbocycles. The Balaban J connectivity index is 1.80. The average Bonchev–Trinajstić information content (AvgIpc) is 3.08. The minimum atomic E-state index is -5.32. The van der Waals surface area contributed by atoms with E-state index in [4.69, 9.17) is 15.2 Å². The molecule has 2 aromatic heterocycles. The van der Waals surface area contributed by atoms with Crippen molar-refractivity contribution in [1.82, 2.24) is 35.9 Å². The number of nitrogens with one attached hydrogen (secondary N) is 4. The predicted octanol–water partition coefficient (Wildman–Crippen LogP) is 1.66. The van der Waals surface area contributed by atoms with Gasteiger partial charge >= 0.3 is 24.0 Å². The van der Waals surface area contributed by atoms with Gasteiger partial charge in [0, 0.05) is 17.7 Å². The Hall–Kier alpha value is -5.66. The van der Waals surface area contributed by atoms with Crippen LogP contribution < -0.4 is 32.1 Å². The van der Waals surface area contributed by atoms with Crippen molar-refractivity contribution in [3.63, 3.8) is 0 Å². The first-order valence-corrected chi connectivity index (χ1v) is 16.4. The molecule has 0 aliphatic carbocycles. The summed E-state index contributed by atoms with van der Waals surface area (Å²) in [5.41, 5.74) is 2.66. The van der Waals surface area contributed by atoms with E-state index >= 15 is 0 Å². The summed E-state index contributed by atoms with van der Waals surface area (Å²) in [5.74, 6) is -5.44. The minimum absolute atomic E-state index is 0.112. The number of unbranched alkanes of at least 4 members (excludes halogenated alkanes) is 1. The van der Waals surface area contributed by atoms with Crippen molar-refractivity contribution in [2.75, 3.05) is 31.3 Å². The van der Waals surface area contributed by atoms with Gasteiger partial charge in [-0.05, 0) is 84.3 Å². The number of aromatic nitrogens is 4. The summed E-state index contributed by atoms with van der Waals surface area (Å²) >= 11 is 0. The van der Waals surface area contributed by atoms with E-state index in [9.17, 15) is 41.9 Å². The number of methoxy groups -OCH3 is 1. The van der Waals surface area contributed by atoms with Gasteiger partial charge in [0.25, 0.3) is 11.5 Å². The van der Waals surface area contributed by atoms with Crippen molar-refractivity contribution in [2.45, 2.75) is 83.3 Å². The summed E-state index contributed by atoms with van der Waals surface area (Å²) in [6.07, 6.45) is -3.13. The molecule has 0 aliphatic heterocycles. The fourth-order valence-corrected chi connectivity index (χ4v) is 4.88. The molecule has 0 bridgehead atoms. The second-order valence-electron chi connectivity index (χ2n) is 12.8. The van der Waals surface area contributed by atoms with Crippen LogP contribution in [0.25, 0.3) is 11.2 Å². The summed E-state index contributed by atoms with van der Waals surface area (Å²) in [7, 11) is 2.98. The number of ether oxygens (including phenoxy) is 2. The second kappa shape index (κ2) is 18.2. The van der Waals surface area contributed by atoms with Crippen LogP contribution in [-0.4, -0.2) is 94.2 Å². The summed E-state index contributed by atoms with van der Waals surface area (Å²) in [6, 6.07) is 2.12. The van der Waals surface area contributed by atoms with Gasteiger partial charge in [0.2, 0.25) is 11.9 Å². The van der Waals surface area contributed by atoms with Gasteiger partial charge in [-0.3, -0.25) is 29.1 Å². The number of hydrogen-bond acceptors (Lipinski definition) is 13. The van der Waals surface area contributed by atoms with E-state index in [0.29, 0.717) is 24.3 Å². The zero-order chi connectivity index (χ0) is 39.5. The van der Waals surface area contributed by atoms with Gasteiger partial charge in [-0.2, -0.15) is 18.2 Å². The lowest BCUT2D eigenvalue weighted by Crippen LogP contribution is -2.46. The number of nitrogen functional groups attached to an aromatic ring is 1. The number of hydrogen-bond donors (Lipinski definition) is 5. The number of halogens is 3. The van der Waals surface area contributed by atoms with Crippen LogP contribution in [0.4, 0.5) is 24.8 Å². The molecule has 1 aromatic carbocycles. The molecule has 17 nitrogen and oxygen atoms in total. The fourth-order valence-electron chi connectivity index (χ4n) is 4.88. The molecule has 288 valence electrons. The van der Waals surface area contributed by atoms with E-state index in [2.05, 4.69) is 35.9 Å². The van der Waals surface area contributed by atoms with E-state index in [1.165, 1.54) is 7.11 Å². The zero-order valence-corrected chi connectivity index (χ0v) is 29.8. The van der Waals surface area contributed by atoms with Crippen LogP contribution in [0.2, 0.25) is 0 Å². The van der Waals surface area contributed by atoms with Crippen molar-refractivity contribution in [1.29, 1.82) is 0 Å². The lowest BCUT2D eigenvalue weighted by molar-refractivity contribution is -0.170. The van der Waals surface area contributed by atoms with Crippen molar-refractivity contribution in [3.05, 3.63) is 52.1 Å². The van der Waals surface area contributed by atoms with Crippen LogP contribution in [0.15, 0.2) is 35.3 Å². The maximum Gasteiger partial charge on any atom is 0.471 e. The first kappa shape index (κ1) is 41.8. The normalized spacial score (nSPS) is 12.8. The molecule has 3 rings (SSSR count). The number of H-pyrrole nitrogens is 1. The van der Waals surface area contributed by atoms with Gasteiger partial charge in [-0.1, -0.05) is 0 Å². The Morgan fingerprint density at radius 2 is 1.62 bits per heavy atom. The molecule has 2 unspecified atom stereocenters. The number of rotatable bonds is 16. The molecule has 2 heterocycles. The Bertz CT molecular complexity index is 1850. The van der Waals surface area contributed by atoms with E-state index in [1.54, 1.807) is 27.8 Å². The molecule has 6 N–H and O–H groups in total. The van der Waals surface area contributed by atoms with Gasteiger partial charge in [-0.15, -0.1) is 0 Å². The zero-order valence-electron chi connectivity index (χ0n) is 29.8. The highest BCUT2D eigenvalue weighted by Gasteiger charge is 2.43. The third kappa shape index (κ3) is 12.5. The lowest BCUT2D eigenvalue weighted by atomic mass is 10.1. The molecule has 3 amide bonds. The molecule has 0 spiro atoms. The SMILES string of the molecule is CNCCCCC(NC(=O)CCC(NC(=O)c1ccc(N(Cc2cnc3nc(N)[nH]c(=O)c3n2)C(=O)C(F)(F)F)cc1)C(=O)OC(C)(C)C)C(=O)OC. The predicted molar refractivity (Wildman–Crippen MR) is 184 cm³/mol. The fraction of sp³-hybridized carbons (Fsp3) is 0.485. The van der Waals surface area contributed by atoms with Crippen LogP contribution in [0.1, 0.15) is 68.9 Å². The number of amides is 3. The van der Waals surface area contributed by atoms with Crippen molar-refractivity contribution < 1.29 is 46.6 Å². The number of benzene rings is 1. The highest BCUT2D eigenvalue weighted by Crippen LogP contribution is 2.26. The molecule has 0 aliphatic rings. The van der Waals surface area contributed by atoms with E-state index in [0.717, 1.165) is 36.9 Å². The van der Waals surface area contributed by atoms with Crippen LogP contribution in [0, 0.1) is 0 Å². The topological polar surface area (TPSA) is 241 Å². The minimum Gasteiger partial charge on any atom is -0.467 e. The summed E-state index contributed by atoms with van der Waals surface area (Å²) in [5, 5.41) is 8.07. The molecule has 0 saturated heterocycles. The summed E-state index contributed by atoms with van der Waals surface area (Å²) in [4.78, 5) is 90.4. The lowest BCUT2D eigenvalue weighted by Gasteiger charge is -2.25. The molecular weight excluding hydrogens is 707 g/mol. The first-order valence-electron chi connectivity index (χ1n) is 16.4. The Labute approximate surface area is 301 Å². The number of alkyl halides is 3. The van der Waals surface area contributed by atoms with Gasteiger partial charge in [0.05, 0.1) is 25.5 Å². The largest absolute Gasteiger partial charge is 0.471 e. The first-order chi connectivity index (χ1) is 24.8. The standard InChI is InChI=1S/C33H42F3N9O8/c1-32(2,3)53-29(50)22(13-14-23(46)41-21(28(49)52-5)8-6-7-15-38-4)42-26(47)18-9-11-20(12-10-18)45(30(51)33(34,35)36)17-19-16-39-25-24(40-19)27(48)44-31(37)43-25/h9-12,16,21-22,38H,6-8,13-15,17H2,1-5H3,(H,41,46)(H,42,47)(H3,37,39,43,44,48). The Morgan fingerprint density at radius 1 is 0.962 bits per heavy atom. The number of nitrogens with two attached hydrogens (primary N) is 1. The summed E-state index contributed by atoms with van der Waals surface area (Å²) in [6.45, 7) is 4.75. The number of carbonyl (C=O) groups is 5. The van der Waals surface area contributed by atoms with Gasteiger partial charge in [0.1, 0.15) is 17.7 Å². The molecule has 2 atom stereocenters. The molecule has 20 heteroatoms. The number of carbonyl (C=O) groups excluding carboxylic acids is 5. The van der Waals surface area contributed by atoms with Gasteiger partial charge < -0.3 is 31.2 Å². The van der Waals surface area contributed by atoms with Crippen LogP contribution in [-0.2, 0) is 35.2 Å². The Kier molecular flexibility index (Phi) is 14.3. The highest BCUT2D eigenvalue weighted by atomic mass is 19.4. The molecular formula is C33H42F3N9O8. The van der Waals surface area contributed by atoms with Crippen molar-refractivity contribution in [2.24, 2.45) is 0 Å². The number of fused-ring (bicyclic) bond motifs is 1. The molecule has 3 aromatic rings. The van der Waals surface area contributed by atoms with E-state index < -0.39 is 65.6 Å². The van der Waals surface area contributed by atoms with Crippen molar-refractivity contribution in [3.8, 4) is 0 Å². The maximum atomic E-state index is 13.7. The summed E-state index contributed by atoms with van der Waals surface area (Å²) < 4.78 is 51.2. The second-order valence-corrected chi connectivity index (χ2v) is 12.8. The van der Waals surface area contributed by atoms with E-state index in [1.807, 2.05) is 0 Å². The number of esters is 2. The maximum absolute atomic E-state index is 13.7. The number of nitrogens with zero attached hydrogens (tertiary/aromatic N) is 4. The third-order valence-electron chi connectivity index (χ3n) is 7.38. The number of anilines is 2. The Morgan fingerprint density at radius 3 is 2.23 bits per heavy atom. The van der Waals surface area contributed by atoms with Crippen LogP contribution in [0.3, 0.4) is 0 Å². The highest BCUT2D eigenvalue weighted by molar-refractivity contribution is 5.99. The number of aromatic amines is 1. The monoisotopic (exact) mass is 749 g/mol. The molecule has 53 heavy (non-hydrogen) atoms. The van der Waals surface area contributed by atoms with E-state index in [-0.39, 0.29) is 46.9 Å². The smallest absolute Gasteiger partial charge is 0.467 e. The quantitative estimate of drug-likeness (QED) is 0.104. The van der Waals surface area contributed by atoms with Gasteiger partial charge in [0.15, 0.2) is 11.2 Å². The third-order valence-corrected chi connectivity index (χ3v) is 7.38. The van der Waals surface area contributed by atoms with Crippen LogP contribution >= 0.6 is 0 Å². The molecule has 0 fully saturated rings. The van der Waals surface area contributed by atoms with Crippen LogP contribution in [0.5, 0.6) is 0 Å². The average molecular weight is 750 g/mol.